The van der Waals surface area contributed by atoms with Gasteiger partial charge in [0.05, 0.1) is 51.0 Å². The summed E-state index contributed by atoms with van der Waals surface area (Å²) in [4.78, 5) is 55.0. The maximum absolute atomic E-state index is 14.2. The minimum atomic E-state index is -1.13. The van der Waals surface area contributed by atoms with Crippen LogP contribution in [0.25, 0.3) is 17.4 Å². The Labute approximate surface area is 293 Å². The molecular weight excluding hydrogens is 680 g/mol. The van der Waals surface area contributed by atoms with Gasteiger partial charge in [-0.25, -0.2) is 9.79 Å². The average molecular weight is 711 g/mol. The Morgan fingerprint density at radius 3 is 2.47 bits per heavy atom. The molecule has 3 heterocycles. The number of aryl methyl sites for hydroxylation is 1. The maximum Gasteiger partial charge on any atom is 0.338 e. The van der Waals surface area contributed by atoms with Gasteiger partial charge in [0.2, 0.25) is 0 Å². The first-order valence-corrected chi connectivity index (χ1v) is 16.4. The largest absolute Gasteiger partial charge is 0.493 e. The summed E-state index contributed by atoms with van der Waals surface area (Å²) in [6, 6.07) is 18.4. The van der Waals surface area contributed by atoms with Crippen LogP contribution < -0.4 is 24.4 Å². The van der Waals surface area contributed by atoms with E-state index in [4.69, 9.17) is 18.6 Å². The summed E-state index contributed by atoms with van der Waals surface area (Å²) >= 11 is 0.973. The molecule has 1 aliphatic rings. The standard InChI is InChI=1S/C36H30N4O10S/c1-5-48-35(42)32-21(3)37-36-38(33(32)28-14-13-27(50-28)25-17-24(39(43)44)12-11-20(25)2)34(41)31(51-36)16-23-15-29(47-4)30(18-26(23)40(45)46)49-19-22-9-7-6-8-10-22/h6-18,33H,5,19H2,1-4H3/b31-16-/t33-/m1/s1. The normalized spacial score (nSPS) is 14.1. The molecular formula is C36H30N4O10S. The first-order chi connectivity index (χ1) is 24.5. The fraction of sp³-hybridized carbons (Fsp3) is 0.194. The highest BCUT2D eigenvalue weighted by Crippen LogP contribution is 2.37. The number of rotatable bonds is 11. The van der Waals surface area contributed by atoms with Crippen molar-refractivity contribution in [3.8, 4) is 22.8 Å². The average Bonchev–Trinajstić information content (AvgIpc) is 3.71. The lowest BCUT2D eigenvalue weighted by atomic mass is 10.0. The molecule has 0 radical (unpaired) electrons. The van der Waals surface area contributed by atoms with E-state index in [0.717, 1.165) is 16.9 Å². The van der Waals surface area contributed by atoms with E-state index >= 15 is 0 Å². The lowest BCUT2D eigenvalue weighted by Gasteiger charge is -2.22. The van der Waals surface area contributed by atoms with E-state index in [1.165, 1.54) is 42.0 Å². The number of nitrogens with zero attached hydrogens (tertiary/aromatic N) is 4. The molecule has 14 nitrogen and oxygen atoms in total. The number of thiazole rings is 1. The van der Waals surface area contributed by atoms with E-state index in [2.05, 4.69) is 4.99 Å². The summed E-state index contributed by atoms with van der Waals surface area (Å²) in [5.41, 5.74) is 1.37. The van der Waals surface area contributed by atoms with E-state index in [-0.39, 0.29) is 73.8 Å². The molecule has 6 rings (SSSR count). The number of esters is 1. The number of furan rings is 1. The Balaban J connectivity index is 1.48. The SMILES string of the molecule is CCOC(=O)C1=C(C)N=c2s/c(=C\c3cc(OC)c(OCc4ccccc4)cc3[N+](=O)[O-])c(=O)n2[C@@H]1c1ccc(-c2cc([N+](=O)[O-])ccc2C)o1. The van der Waals surface area contributed by atoms with Crippen LogP contribution in [0, 0.1) is 27.2 Å². The monoisotopic (exact) mass is 710 g/mol. The number of non-ortho nitro benzene ring substituents is 1. The van der Waals surface area contributed by atoms with E-state index in [0.29, 0.717) is 11.1 Å². The first kappa shape index (κ1) is 34.5. The van der Waals surface area contributed by atoms with E-state index < -0.39 is 27.4 Å². The molecule has 0 fully saturated rings. The van der Waals surface area contributed by atoms with Crippen LogP contribution in [0.4, 0.5) is 11.4 Å². The molecule has 15 heteroatoms. The molecule has 0 N–H and O–H groups in total. The van der Waals surface area contributed by atoms with E-state index in [9.17, 15) is 29.8 Å². The molecule has 2 aromatic heterocycles. The van der Waals surface area contributed by atoms with Crippen LogP contribution in [0.1, 0.15) is 42.3 Å². The topological polar surface area (TPSA) is 179 Å². The van der Waals surface area contributed by atoms with Crippen molar-refractivity contribution in [3.05, 3.63) is 146 Å². The van der Waals surface area contributed by atoms with Crippen molar-refractivity contribution in [3.63, 3.8) is 0 Å². The van der Waals surface area contributed by atoms with Crippen molar-refractivity contribution < 1.29 is 33.3 Å². The maximum atomic E-state index is 14.2. The van der Waals surface area contributed by atoms with Gasteiger partial charge in [-0.2, -0.15) is 0 Å². The second-order valence-electron chi connectivity index (χ2n) is 11.4. The lowest BCUT2D eigenvalue weighted by Crippen LogP contribution is -2.39. The highest BCUT2D eigenvalue weighted by Gasteiger charge is 2.36. The molecule has 0 saturated heterocycles. The quantitative estimate of drug-likeness (QED) is 0.0928. The number of hydrogen-bond donors (Lipinski definition) is 0. The predicted octanol–water partition coefficient (Wildman–Crippen LogP) is 5.77. The third kappa shape index (κ3) is 6.78. The summed E-state index contributed by atoms with van der Waals surface area (Å²) in [6.07, 6.45) is 1.37. The first-order valence-electron chi connectivity index (χ1n) is 15.6. The molecule has 1 aliphatic heterocycles. The van der Waals surface area contributed by atoms with Gasteiger partial charge in [0, 0.05) is 17.7 Å². The van der Waals surface area contributed by atoms with Gasteiger partial charge in [0.15, 0.2) is 16.3 Å². The number of nitro benzene ring substituents is 2. The fourth-order valence-corrected chi connectivity index (χ4v) is 6.72. The van der Waals surface area contributed by atoms with Gasteiger partial charge in [0.25, 0.3) is 16.9 Å². The van der Waals surface area contributed by atoms with Crippen LogP contribution in [-0.2, 0) is 16.1 Å². The minimum absolute atomic E-state index is 0.0552. The summed E-state index contributed by atoms with van der Waals surface area (Å²) in [5.74, 6) is 0.105. The Kier molecular flexibility index (Phi) is 9.64. The minimum Gasteiger partial charge on any atom is -0.493 e. The number of fused-ring (bicyclic) bond motifs is 1. The zero-order chi connectivity index (χ0) is 36.4. The van der Waals surface area contributed by atoms with Crippen LogP contribution in [0.5, 0.6) is 11.5 Å². The Morgan fingerprint density at radius 1 is 1.02 bits per heavy atom. The van der Waals surface area contributed by atoms with E-state index in [1.54, 1.807) is 39.0 Å². The zero-order valence-electron chi connectivity index (χ0n) is 27.8. The number of benzene rings is 3. The van der Waals surface area contributed by atoms with E-state index in [1.807, 2.05) is 30.3 Å². The molecule has 0 amide bonds. The third-order valence-electron chi connectivity index (χ3n) is 8.14. The Morgan fingerprint density at radius 2 is 1.78 bits per heavy atom. The van der Waals surface area contributed by atoms with Gasteiger partial charge in [-0.15, -0.1) is 0 Å². The van der Waals surface area contributed by atoms with Crippen molar-refractivity contribution in [2.24, 2.45) is 4.99 Å². The smallest absolute Gasteiger partial charge is 0.338 e. The molecule has 5 aromatic rings. The van der Waals surface area contributed by atoms with Gasteiger partial charge in [-0.3, -0.25) is 29.6 Å². The highest BCUT2D eigenvalue weighted by molar-refractivity contribution is 7.07. The summed E-state index contributed by atoms with van der Waals surface area (Å²) in [5, 5.41) is 23.7. The number of allylic oxidation sites excluding steroid dienone is 1. The molecule has 0 unspecified atom stereocenters. The van der Waals surface area contributed by atoms with Crippen molar-refractivity contribution in [2.75, 3.05) is 13.7 Å². The van der Waals surface area contributed by atoms with Crippen LogP contribution in [0.2, 0.25) is 0 Å². The second kappa shape index (κ2) is 14.2. The van der Waals surface area contributed by atoms with Crippen LogP contribution in [-0.4, -0.2) is 34.1 Å². The van der Waals surface area contributed by atoms with Crippen LogP contribution >= 0.6 is 11.3 Å². The van der Waals surface area contributed by atoms with Gasteiger partial charge < -0.3 is 18.6 Å². The van der Waals surface area contributed by atoms with Crippen LogP contribution in [0.15, 0.2) is 98.3 Å². The molecule has 0 bridgehead atoms. The molecule has 51 heavy (non-hydrogen) atoms. The third-order valence-corrected chi connectivity index (χ3v) is 9.13. The highest BCUT2D eigenvalue weighted by atomic mass is 32.1. The summed E-state index contributed by atoms with van der Waals surface area (Å²) < 4.78 is 24.3. The molecule has 0 spiro atoms. The van der Waals surface area contributed by atoms with Gasteiger partial charge in [-0.05, 0) is 56.2 Å². The number of aromatic nitrogens is 1. The van der Waals surface area contributed by atoms with Crippen molar-refractivity contribution in [1.29, 1.82) is 0 Å². The van der Waals surface area contributed by atoms with Crippen molar-refractivity contribution in [1.82, 2.24) is 4.57 Å². The molecule has 3 aromatic carbocycles. The Hall–Kier alpha value is -6.35. The molecule has 0 aliphatic carbocycles. The van der Waals surface area contributed by atoms with Gasteiger partial charge in [0.1, 0.15) is 24.2 Å². The predicted molar refractivity (Wildman–Crippen MR) is 186 cm³/mol. The van der Waals surface area contributed by atoms with Crippen molar-refractivity contribution >= 4 is 34.8 Å². The van der Waals surface area contributed by atoms with Gasteiger partial charge in [-0.1, -0.05) is 47.7 Å². The van der Waals surface area contributed by atoms with Crippen LogP contribution in [0.3, 0.4) is 0 Å². The summed E-state index contributed by atoms with van der Waals surface area (Å²) in [7, 11) is 1.40. The number of ether oxygens (including phenoxy) is 3. The lowest BCUT2D eigenvalue weighted by molar-refractivity contribution is -0.385. The number of hydrogen-bond acceptors (Lipinski definition) is 12. The molecule has 0 saturated carbocycles. The second-order valence-corrected chi connectivity index (χ2v) is 12.4. The Bertz CT molecular complexity index is 2410. The molecule has 260 valence electrons. The summed E-state index contributed by atoms with van der Waals surface area (Å²) in [6.45, 7) is 5.22. The number of nitro groups is 2. The molecule has 1 atom stereocenters. The zero-order valence-corrected chi connectivity index (χ0v) is 28.6. The number of carbonyl (C=O) groups is 1. The number of carbonyl (C=O) groups excluding carboxylic acids is 1. The fourth-order valence-electron chi connectivity index (χ4n) is 5.68. The van der Waals surface area contributed by atoms with Crippen molar-refractivity contribution in [2.45, 2.75) is 33.4 Å². The van der Waals surface area contributed by atoms with Gasteiger partial charge >= 0.3 is 5.97 Å². The number of methoxy groups -OCH3 is 1.